The van der Waals surface area contributed by atoms with Crippen LogP contribution in [0.25, 0.3) is 0 Å². The highest BCUT2D eigenvalue weighted by molar-refractivity contribution is 7.83. The Morgan fingerprint density at radius 2 is 1.00 bits per heavy atom. The van der Waals surface area contributed by atoms with E-state index in [0.29, 0.717) is 54.9 Å². The number of oxime groups is 2. The summed E-state index contributed by atoms with van der Waals surface area (Å²) in [6, 6.07) is 27.9. The van der Waals surface area contributed by atoms with Crippen molar-refractivity contribution >= 4 is 86.1 Å². The molecule has 0 spiro atoms. The van der Waals surface area contributed by atoms with Crippen LogP contribution in [0.4, 0.5) is 17.1 Å². The molecule has 2 N–H and O–H groups in total. The van der Waals surface area contributed by atoms with Crippen molar-refractivity contribution in [3.05, 3.63) is 123 Å². The standard InChI is InChI=1S/C20H12Cl2N4O4S2.C6H6ClN/c21-15-3-1-5-17(11-15)25-19(23-29-31(25)27)13-7-9-14(10-8-13)20-24-30-32(28)26(20)18-6-2-4-16(22)12-18;7-5-2-1-3-6(8)4-5/h1-12H;1-4H,8H2. The second-order valence-electron chi connectivity index (χ2n) is 8.09. The van der Waals surface area contributed by atoms with Crippen LogP contribution in [0.15, 0.2) is 107 Å². The Bertz CT molecular complexity index is 1550. The van der Waals surface area contributed by atoms with E-state index in [4.69, 9.17) is 49.1 Å². The maximum Gasteiger partial charge on any atom is 0.346 e. The smallest absolute Gasteiger partial charge is 0.346 e. The zero-order valence-corrected chi connectivity index (χ0v) is 24.1. The first-order chi connectivity index (χ1) is 19.3. The molecule has 2 heterocycles. The van der Waals surface area contributed by atoms with Crippen molar-refractivity contribution in [2.45, 2.75) is 0 Å². The fraction of sp³-hybridized carbons (Fsp3) is 0. The molecular formula is C26H18Cl3N5O4S2. The summed E-state index contributed by atoms with van der Waals surface area (Å²) >= 11 is 14.1. The molecule has 9 nitrogen and oxygen atoms in total. The minimum absolute atomic E-state index is 0.358. The lowest BCUT2D eigenvalue weighted by molar-refractivity contribution is 0.386. The van der Waals surface area contributed by atoms with Crippen molar-refractivity contribution in [2.75, 3.05) is 14.3 Å². The summed E-state index contributed by atoms with van der Waals surface area (Å²) in [7, 11) is 0. The third-order valence-corrected chi connectivity index (χ3v) is 7.87. The van der Waals surface area contributed by atoms with E-state index in [1.807, 2.05) is 6.07 Å². The Balaban J connectivity index is 0.000000348. The van der Waals surface area contributed by atoms with Gasteiger partial charge in [-0.3, -0.25) is 8.57 Å². The molecule has 0 saturated heterocycles. The van der Waals surface area contributed by atoms with E-state index in [1.54, 1.807) is 91.0 Å². The van der Waals surface area contributed by atoms with E-state index in [2.05, 4.69) is 10.3 Å². The van der Waals surface area contributed by atoms with Gasteiger partial charge in [0.05, 0.1) is 11.4 Å². The minimum Gasteiger partial charge on any atom is -0.399 e. The van der Waals surface area contributed by atoms with Crippen molar-refractivity contribution in [2.24, 2.45) is 10.3 Å². The fourth-order valence-electron chi connectivity index (χ4n) is 3.65. The van der Waals surface area contributed by atoms with Gasteiger partial charge >= 0.3 is 22.5 Å². The maximum absolute atomic E-state index is 12.4. The lowest BCUT2D eigenvalue weighted by atomic mass is 10.1. The molecule has 2 aliphatic heterocycles. The fourth-order valence-corrected chi connectivity index (χ4v) is 5.75. The summed E-state index contributed by atoms with van der Waals surface area (Å²) < 4.78 is 37.6. The largest absolute Gasteiger partial charge is 0.399 e. The number of halogens is 3. The van der Waals surface area contributed by atoms with Crippen LogP contribution in [0.2, 0.25) is 15.1 Å². The highest BCUT2D eigenvalue weighted by Crippen LogP contribution is 2.29. The molecule has 0 fully saturated rings. The predicted molar refractivity (Wildman–Crippen MR) is 162 cm³/mol. The van der Waals surface area contributed by atoms with Crippen molar-refractivity contribution in [3.63, 3.8) is 0 Å². The number of anilines is 3. The van der Waals surface area contributed by atoms with E-state index >= 15 is 0 Å². The number of amidine groups is 2. The molecule has 0 aliphatic carbocycles. The third-order valence-electron chi connectivity index (χ3n) is 5.39. The van der Waals surface area contributed by atoms with Crippen LogP contribution in [-0.4, -0.2) is 20.1 Å². The molecule has 14 heteroatoms. The second kappa shape index (κ2) is 12.3. The Labute approximate surface area is 249 Å². The summed E-state index contributed by atoms with van der Waals surface area (Å²) in [5.74, 6) is 0.717. The first kappa shape index (κ1) is 27.9. The van der Waals surface area contributed by atoms with Gasteiger partial charge in [0.15, 0.2) is 11.7 Å². The molecule has 0 amide bonds. The summed E-state index contributed by atoms with van der Waals surface area (Å²) in [5.41, 5.74) is 8.53. The predicted octanol–water partition coefficient (Wildman–Crippen LogP) is 6.47. The molecule has 0 aromatic heterocycles. The number of rotatable bonds is 4. The van der Waals surface area contributed by atoms with Gasteiger partial charge in [-0.05, 0) is 64.9 Å². The summed E-state index contributed by atoms with van der Waals surface area (Å²) in [6.45, 7) is 0. The topological polar surface area (TPSA) is 110 Å². The monoisotopic (exact) mass is 633 g/mol. The van der Waals surface area contributed by atoms with Gasteiger partial charge in [-0.25, -0.2) is 8.61 Å². The van der Waals surface area contributed by atoms with Crippen molar-refractivity contribution in [3.8, 4) is 0 Å². The number of nitrogen functional groups attached to an aromatic ring is 1. The van der Waals surface area contributed by atoms with Gasteiger partial charge < -0.3 is 5.73 Å². The normalized spacial score (nSPS) is 17.8. The van der Waals surface area contributed by atoms with Crippen LogP contribution in [0, 0.1) is 0 Å². The van der Waals surface area contributed by atoms with Crippen LogP contribution in [0.1, 0.15) is 11.1 Å². The molecule has 2 atom stereocenters. The number of nitrogens with two attached hydrogens (primary N) is 1. The Morgan fingerprint density at radius 1 is 0.600 bits per heavy atom. The minimum atomic E-state index is -1.83. The summed E-state index contributed by atoms with van der Waals surface area (Å²) in [4.78, 5) is 0. The SMILES string of the molecule is Nc1cccc(Cl)c1.O=S1ON=C(c2ccc(C3=NOS(=O)N3c3cccc(Cl)c3)cc2)N1c1cccc(Cl)c1. The van der Waals surface area contributed by atoms with E-state index in [9.17, 15) is 8.42 Å². The lowest BCUT2D eigenvalue weighted by Crippen LogP contribution is -2.29. The molecule has 0 saturated carbocycles. The van der Waals surface area contributed by atoms with Gasteiger partial charge in [0.1, 0.15) is 0 Å². The zero-order valence-electron chi connectivity index (χ0n) is 20.2. The number of hydrogen-bond donors (Lipinski definition) is 1. The van der Waals surface area contributed by atoms with E-state index in [-0.39, 0.29) is 0 Å². The highest BCUT2D eigenvalue weighted by atomic mass is 35.5. The van der Waals surface area contributed by atoms with E-state index < -0.39 is 22.5 Å². The second-order valence-corrected chi connectivity index (χ2v) is 11.3. The Kier molecular flexibility index (Phi) is 8.57. The van der Waals surface area contributed by atoms with Crippen LogP contribution in [0.5, 0.6) is 0 Å². The van der Waals surface area contributed by atoms with Crippen molar-refractivity contribution in [1.82, 2.24) is 0 Å². The van der Waals surface area contributed by atoms with Gasteiger partial charge in [0, 0.05) is 31.9 Å². The van der Waals surface area contributed by atoms with Crippen LogP contribution in [0.3, 0.4) is 0 Å². The molecule has 204 valence electrons. The van der Waals surface area contributed by atoms with Crippen molar-refractivity contribution in [1.29, 1.82) is 0 Å². The van der Waals surface area contributed by atoms with Crippen LogP contribution in [-0.2, 0) is 31.1 Å². The van der Waals surface area contributed by atoms with Crippen LogP contribution >= 0.6 is 34.8 Å². The number of benzene rings is 4. The average molecular weight is 635 g/mol. The Hall–Kier alpha value is -3.61. The van der Waals surface area contributed by atoms with Crippen molar-refractivity contribution < 1.29 is 17.0 Å². The molecule has 40 heavy (non-hydrogen) atoms. The lowest BCUT2D eigenvalue weighted by Gasteiger charge is -2.17. The molecule has 2 aliphatic rings. The van der Waals surface area contributed by atoms with Gasteiger partial charge in [-0.2, -0.15) is 8.42 Å². The molecule has 0 radical (unpaired) electrons. The summed E-state index contributed by atoms with van der Waals surface area (Å²) in [5, 5.41) is 9.59. The van der Waals surface area contributed by atoms with Gasteiger partial charge in [0.2, 0.25) is 0 Å². The third kappa shape index (κ3) is 6.24. The van der Waals surface area contributed by atoms with Gasteiger partial charge in [-0.15, -0.1) is 0 Å². The Morgan fingerprint density at radius 3 is 1.35 bits per heavy atom. The maximum atomic E-state index is 12.4. The molecule has 6 rings (SSSR count). The van der Waals surface area contributed by atoms with Gasteiger partial charge in [0.25, 0.3) is 0 Å². The number of hydrogen-bond acceptors (Lipinski definition) is 7. The molecule has 2 unspecified atom stereocenters. The first-order valence-electron chi connectivity index (χ1n) is 11.4. The van der Waals surface area contributed by atoms with Crippen LogP contribution < -0.4 is 14.3 Å². The molecule has 4 aromatic carbocycles. The summed E-state index contributed by atoms with van der Waals surface area (Å²) in [6.07, 6.45) is 0. The quantitative estimate of drug-likeness (QED) is 0.259. The first-order valence-corrected chi connectivity index (χ1v) is 14.6. The molecule has 4 aromatic rings. The van der Waals surface area contributed by atoms with E-state index in [0.717, 1.165) is 0 Å². The van der Waals surface area contributed by atoms with Gasteiger partial charge in [-0.1, -0.05) is 77.3 Å². The molecular weight excluding hydrogens is 617 g/mol. The average Bonchev–Trinajstić information content (AvgIpc) is 3.51. The zero-order chi connectivity index (χ0) is 28.2. The highest BCUT2D eigenvalue weighted by Gasteiger charge is 2.32. The van der Waals surface area contributed by atoms with E-state index in [1.165, 1.54) is 8.61 Å². The number of nitrogens with zero attached hydrogens (tertiary/aromatic N) is 4. The molecule has 0 bridgehead atoms.